The van der Waals surface area contributed by atoms with Crippen LogP contribution in [-0.4, -0.2) is 54.6 Å². The van der Waals surface area contributed by atoms with Crippen molar-refractivity contribution in [1.82, 2.24) is 9.80 Å². The van der Waals surface area contributed by atoms with Crippen molar-refractivity contribution in [3.05, 3.63) is 35.4 Å². The quantitative estimate of drug-likeness (QED) is 0.797. The molecule has 4 nitrogen and oxygen atoms in total. The van der Waals surface area contributed by atoms with Crippen LogP contribution in [0.1, 0.15) is 36.7 Å². The van der Waals surface area contributed by atoms with Crippen LogP contribution in [0.4, 0.5) is 0 Å². The van der Waals surface area contributed by atoms with Crippen LogP contribution in [0.25, 0.3) is 0 Å². The van der Waals surface area contributed by atoms with Crippen molar-refractivity contribution in [1.29, 1.82) is 0 Å². The summed E-state index contributed by atoms with van der Waals surface area (Å²) >= 11 is 0. The zero-order valence-electron chi connectivity index (χ0n) is 13.5. The molecule has 1 saturated heterocycles. The summed E-state index contributed by atoms with van der Waals surface area (Å²) in [4.78, 5) is 16.5. The number of carbonyl (C=O) groups is 1. The van der Waals surface area contributed by atoms with Crippen LogP contribution >= 0.6 is 0 Å². The fourth-order valence-electron chi connectivity index (χ4n) is 3.34. The van der Waals surface area contributed by atoms with E-state index in [9.17, 15) is 4.79 Å². The number of likely N-dealkylation sites (N-methyl/N-ethyl adjacent to an activating group) is 1. The highest BCUT2D eigenvalue weighted by atomic mass is 16.5. The number of piperazine rings is 1. The van der Waals surface area contributed by atoms with Crippen LogP contribution in [0.15, 0.2) is 24.3 Å². The van der Waals surface area contributed by atoms with Gasteiger partial charge in [-0.15, -0.1) is 0 Å². The number of nitrogens with zero attached hydrogens (tertiary/aromatic N) is 2. The minimum Gasteiger partial charge on any atom is -0.465 e. The Balaban J connectivity index is 1.97. The summed E-state index contributed by atoms with van der Waals surface area (Å²) in [6.45, 7) is 11.1. The first-order valence-corrected chi connectivity index (χ1v) is 7.70. The van der Waals surface area contributed by atoms with E-state index in [0.717, 1.165) is 26.2 Å². The molecule has 0 aromatic heterocycles. The molecule has 2 atom stereocenters. The standard InChI is InChI=1S/C17H26N2O2/c1-5-19-13(2)10-18(11-14(19)3)12-15-6-8-16(9-7-15)17(20)21-4/h6-9,13-14H,5,10-12H2,1-4H3/t13-,14+. The number of benzene rings is 1. The molecule has 1 aliphatic heterocycles. The van der Waals surface area contributed by atoms with E-state index >= 15 is 0 Å². The summed E-state index contributed by atoms with van der Waals surface area (Å²) < 4.78 is 4.72. The molecule has 0 unspecified atom stereocenters. The first-order chi connectivity index (χ1) is 10.0. The van der Waals surface area contributed by atoms with E-state index in [-0.39, 0.29) is 5.97 Å². The SMILES string of the molecule is CCN1[C@H](C)CN(Cc2ccc(C(=O)OC)cc2)C[C@@H]1C. The van der Waals surface area contributed by atoms with E-state index in [0.29, 0.717) is 17.6 Å². The van der Waals surface area contributed by atoms with Gasteiger partial charge in [-0.1, -0.05) is 19.1 Å². The van der Waals surface area contributed by atoms with Gasteiger partial charge in [-0.3, -0.25) is 9.80 Å². The van der Waals surface area contributed by atoms with Crippen LogP contribution in [0.5, 0.6) is 0 Å². The molecule has 21 heavy (non-hydrogen) atoms. The van der Waals surface area contributed by atoms with Crippen molar-refractivity contribution in [2.75, 3.05) is 26.7 Å². The van der Waals surface area contributed by atoms with Crippen molar-refractivity contribution in [3.63, 3.8) is 0 Å². The van der Waals surface area contributed by atoms with Crippen molar-refractivity contribution in [2.45, 2.75) is 39.4 Å². The summed E-state index contributed by atoms with van der Waals surface area (Å²) in [7, 11) is 1.41. The maximum Gasteiger partial charge on any atom is 0.337 e. The Morgan fingerprint density at radius 3 is 2.24 bits per heavy atom. The lowest BCUT2D eigenvalue weighted by Crippen LogP contribution is -2.56. The summed E-state index contributed by atoms with van der Waals surface area (Å²) in [6.07, 6.45) is 0. The first-order valence-electron chi connectivity index (χ1n) is 7.70. The van der Waals surface area contributed by atoms with Crippen molar-refractivity contribution in [2.24, 2.45) is 0 Å². The lowest BCUT2D eigenvalue weighted by molar-refractivity contribution is 0.0392. The van der Waals surface area contributed by atoms with Gasteiger partial charge in [-0.2, -0.15) is 0 Å². The van der Waals surface area contributed by atoms with E-state index in [2.05, 4.69) is 30.6 Å². The fourth-order valence-corrected chi connectivity index (χ4v) is 3.34. The molecule has 0 aliphatic carbocycles. The molecule has 0 N–H and O–H groups in total. The van der Waals surface area contributed by atoms with Gasteiger partial charge < -0.3 is 4.74 Å². The Morgan fingerprint density at radius 2 is 1.76 bits per heavy atom. The molecule has 116 valence electrons. The van der Waals surface area contributed by atoms with Gasteiger partial charge in [-0.25, -0.2) is 4.79 Å². The smallest absolute Gasteiger partial charge is 0.337 e. The topological polar surface area (TPSA) is 32.8 Å². The number of rotatable bonds is 4. The molecule has 0 saturated carbocycles. The van der Waals surface area contributed by atoms with Gasteiger partial charge in [0.25, 0.3) is 0 Å². The Bertz CT molecular complexity index is 460. The third-order valence-corrected chi connectivity index (χ3v) is 4.32. The second-order valence-electron chi connectivity index (χ2n) is 5.91. The molecule has 1 heterocycles. The highest BCUT2D eigenvalue weighted by molar-refractivity contribution is 5.89. The minimum atomic E-state index is -0.277. The highest BCUT2D eigenvalue weighted by Crippen LogP contribution is 2.18. The van der Waals surface area contributed by atoms with Gasteiger partial charge in [0.1, 0.15) is 0 Å². The lowest BCUT2D eigenvalue weighted by Gasteiger charge is -2.44. The molecular weight excluding hydrogens is 264 g/mol. The summed E-state index contributed by atoms with van der Waals surface area (Å²) in [6, 6.07) is 8.91. The molecule has 1 aromatic carbocycles. The summed E-state index contributed by atoms with van der Waals surface area (Å²) in [5.74, 6) is -0.277. The Morgan fingerprint density at radius 1 is 1.19 bits per heavy atom. The Labute approximate surface area is 127 Å². The highest BCUT2D eigenvalue weighted by Gasteiger charge is 2.27. The third-order valence-electron chi connectivity index (χ3n) is 4.32. The van der Waals surface area contributed by atoms with Gasteiger partial charge in [0.2, 0.25) is 0 Å². The molecule has 0 amide bonds. The molecule has 0 spiro atoms. The maximum atomic E-state index is 11.4. The van der Waals surface area contributed by atoms with E-state index in [4.69, 9.17) is 4.74 Å². The number of ether oxygens (including phenoxy) is 1. The fraction of sp³-hybridized carbons (Fsp3) is 0.588. The zero-order chi connectivity index (χ0) is 15.4. The van der Waals surface area contributed by atoms with Crippen LogP contribution in [0.2, 0.25) is 0 Å². The molecule has 2 rings (SSSR count). The Hall–Kier alpha value is -1.39. The molecule has 1 fully saturated rings. The molecule has 0 radical (unpaired) electrons. The molecular formula is C17H26N2O2. The van der Waals surface area contributed by atoms with Crippen molar-refractivity contribution < 1.29 is 9.53 Å². The number of carbonyl (C=O) groups excluding carboxylic acids is 1. The average Bonchev–Trinajstić information content (AvgIpc) is 2.47. The molecule has 0 bridgehead atoms. The summed E-state index contributed by atoms with van der Waals surface area (Å²) in [5.41, 5.74) is 1.85. The van der Waals surface area contributed by atoms with Gasteiger partial charge in [0.05, 0.1) is 12.7 Å². The second kappa shape index (κ2) is 7.05. The largest absolute Gasteiger partial charge is 0.465 e. The van der Waals surface area contributed by atoms with Gasteiger partial charge >= 0.3 is 5.97 Å². The Kier molecular flexibility index (Phi) is 5.37. The second-order valence-corrected chi connectivity index (χ2v) is 5.91. The predicted molar refractivity (Wildman–Crippen MR) is 84.4 cm³/mol. The van der Waals surface area contributed by atoms with E-state index < -0.39 is 0 Å². The zero-order valence-corrected chi connectivity index (χ0v) is 13.5. The van der Waals surface area contributed by atoms with Crippen LogP contribution < -0.4 is 0 Å². The van der Waals surface area contributed by atoms with E-state index in [1.807, 2.05) is 24.3 Å². The van der Waals surface area contributed by atoms with Gasteiger partial charge in [0, 0.05) is 31.7 Å². The lowest BCUT2D eigenvalue weighted by atomic mass is 10.1. The third kappa shape index (κ3) is 3.83. The van der Waals surface area contributed by atoms with E-state index in [1.54, 1.807) is 0 Å². The monoisotopic (exact) mass is 290 g/mol. The number of hydrogen-bond donors (Lipinski definition) is 0. The number of hydrogen-bond acceptors (Lipinski definition) is 4. The first kappa shape index (κ1) is 16.0. The molecule has 1 aromatic rings. The van der Waals surface area contributed by atoms with E-state index in [1.165, 1.54) is 12.7 Å². The predicted octanol–water partition coefficient (Wildman–Crippen LogP) is 2.39. The van der Waals surface area contributed by atoms with Gasteiger partial charge in [-0.05, 0) is 38.1 Å². The average molecular weight is 290 g/mol. The minimum absolute atomic E-state index is 0.277. The number of methoxy groups -OCH3 is 1. The van der Waals surface area contributed by atoms with Crippen molar-refractivity contribution >= 4 is 5.97 Å². The summed E-state index contributed by atoms with van der Waals surface area (Å²) in [5, 5.41) is 0. The van der Waals surface area contributed by atoms with Crippen LogP contribution in [0.3, 0.4) is 0 Å². The van der Waals surface area contributed by atoms with Crippen LogP contribution in [-0.2, 0) is 11.3 Å². The van der Waals surface area contributed by atoms with Crippen LogP contribution in [0, 0.1) is 0 Å². The van der Waals surface area contributed by atoms with Crippen molar-refractivity contribution in [3.8, 4) is 0 Å². The maximum absolute atomic E-state index is 11.4. The molecule has 1 aliphatic rings. The van der Waals surface area contributed by atoms with Gasteiger partial charge in [0.15, 0.2) is 0 Å². The molecule has 4 heteroatoms. The number of esters is 1. The normalized spacial score (nSPS) is 24.0.